The van der Waals surface area contributed by atoms with E-state index in [0.717, 1.165) is 16.7 Å². The first-order valence-electron chi connectivity index (χ1n) is 6.27. The number of carbonyl (C=O) groups is 1. The smallest absolute Gasteiger partial charge is 0.271 e. The number of rotatable bonds is 3. The number of carbonyl (C=O) groups excluding carboxylic acids is 1. The normalized spacial score (nSPS) is 10.7. The van der Waals surface area contributed by atoms with Gasteiger partial charge in [0.1, 0.15) is 17.0 Å². The van der Waals surface area contributed by atoms with Crippen molar-refractivity contribution in [2.75, 3.05) is 0 Å². The number of hydrogen-bond donors (Lipinski definition) is 1. The maximum atomic E-state index is 11.9. The van der Waals surface area contributed by atoms with E-state index in [9.17, 15) is 4.79 Å². The molecule has 0 saturated carbocycles. The third-order valence-electron chi connectivity index (χ3n) is 2.91. The number of para-hydroxylation sites is 1. The molecular formula is C15H13N3O2. The first-order valence-corrected chi connectivity index (χ1v) is 6.27. The Morgan fingerprint density at radius 2 is 2.10 bits per heavy atom. The third-order valence-corrected chi connectivity index (χ3v) is 2.91. The predicted molar refractivity (Wildman–Crippen MR) is 74.2 cm³/mol. The Hall–Kier alpha value is -2.69. The van der Waals surface area contributed by atoms with Crippen LogP contribution in [0.3, 0.4) is 0 Å². The molecule has 5 nitrogen and oxygen atoms in total. The van der Waals surface area contributed by atoms with Gasteiger partial charge in [-0.25, -0.2) is 4.98 Å². The highest BCUT2D eigenvalue weighted by atomic mass is 16.3. The van der Waals surface area contributed by atoms with Crippen LogP contribution < -0.4 is 5.32 Å². The Bertz CT molecular complexity index is 714. The number of furan rings is 1. The van der Waals surface area contributed by atoms with Crippen LogP contribution in [0.5, 0.6) is 0 Å². The molecule has 1 amide bonds. The monoisotopic (exact) mass is 267 g/mol. The quantitative estimate of drug-likeness (QED) is 0.791. The summed E-state index contributed by atoms with van der Waals surface area (Å²) in [6, 6.07) is 9.64. The minimum Gasteiger partial charge on any atom is -0.459 e. The van der Waals surface area contributed by atoms with Crippen molar-refractivity contribution in [3.8, 4) is 0 Å². The molecule has 5 heteroatoms. The zero-order valence-corrected chi connectivity index (χ0v) is 11.0. The molecule has 0 radical (unpaired) electrons. The summed E-state index contributed by atoms with van der Waals surface area (Å²) in [5, 5.41) is 3.78. The minimum atomic E-state index is -0.266. The minimum absolute atomic E-state index is 0.266. The number of nitrogens with zero attached hydrogens (tertiary/aromatic N) is 2. The summed E-state index contributed by atoms with van der Waals surface area (Å²) in [7, 11) is 0. The van der Waals surface area contributed by atoms with Crippen molar-refractivity contribution in [1.29, 1.82) is 0 Å². The Morgan fingerprint density at radius 1 is 1.25 bits per heavy atom. The van der Waals surface area contributed by atoms with E-state index in [1.54, 1.807) is 6.20 Å². The van der Waals surface area contributed by atoms with E-state index in [4.69, 9.17) is 4.42 Å². The summed E-state index contributed by atoms with van der Waals surface area (Å²) >= 11 is 0. The largest absolute Gasteiger partial charge is 0.459 e. The fourth-order valence-electron chi connectivity index (χ4n) is 1.89. The lowest BCUT2D eigenvalue weighted by Crippen LogP contribution is -2.23. The molecule has 20 heavy (non-hydrogen) atoms. The standard InChI is InChI=1S/C15H13N3O2/c1-10-7-17-13(9-16-10)15(19)18-8-12-6-11-4-2-3-5-14(11)20-12/h2-7,9H,8H2,1H3,(H,18,19). The fourth-order valence-corrected chi connectivity index (χ4v) is 1.89. The summed E-state index contributed by atoms with van der Waals surface area (Å²) in [6.07, 6.45) is 3.03. The molecule has 0 spiro atoms. The Labute approximate surface area is 115 Å². The van der Waals surface area contributed by atoms with E-state index in [-0.39, 0.29) is 5.91 Å². The van der Waals surface area contributed by atoms with Crippen molar-refractivity contribution in [1.82, 2.24) is 15.3 Å². The van der Waals surface area contributed by atoms with Gasteiger partial charge in [0.15, 0.2) is 0 Å². The molecule has 1 aromatic carbocycles. The van der Waals surface area contributed by atoms with Crippen molar-refractivity contribution < 1.29 is 9.21 Å². The molecular weight excluding hydrogens is 254 g/mol. The molecule has 0 atom stereocenters. The number of amides is 1. The van der Waals surface area contributed by atoms with Crippen LogP contribution in [0.2, 0.25) is 0 Å². The van der Waals surface area contributed by atoms with Gasteiger partial charge in [0.2, 0.25) is 0 Å². The van der Waals surface area contributed by atoms with E-state index in [2.05, 4.69) is 15.3 Å². The first kappa shape index (κ1) is 12.3. The molecule has 2 aromatic heterocycles. The zero-order chi connectivity index (χ0) is 13.9. The lowest BCUT2D eigenvalue weighted by molar-refractivity contribution is 0.0943. The molecule has 1 N–H and O–H groups in total. The summed E-state index contributed by atoms with van der Waals surface area (Å²) in [4.78, 5) is 20.0. The van der Waals surface area contributed by atoms with Gasteiger partial charge >= 0.3 is 0 Å². The van der Waals surface area contributed by atoms with Crippen molar-refractivity contribution >= 4 is 16.9 Å². The van der Waals surface area contributed by atoms with E-state index in [0.29, 0.717) is 18.0 Å². The topological polar surface area (TPSA) is 68.0 Å². The summed E-state index contributed by atoms with van der Waals surface area (Å²) < 4.78 is 5.62. The second-order valence-corrected chi connectivity index (χ2v) is 4.48. The Balaban J connectivity index is 1.69. The Morgan fingerprint density at radius 3 is 2.85 bits per heavy atom. The molecule has 0 bridgehead atoms. The van der Waals surface area contributed by atoms with Gasteiger partial charge in [0.05, 0.1) is 18.4 Å². The number of fused-ring (bicyclic) bond motifs is 1. The van der Waals surface area contributed by atoms with Crippen LogP contribution >= 0.6 is 0 Å². The molecule has 0 fully saturated rings. The van der Waals surface area contributed by atoms with Crippen LogP contribution in [-0.4, -0.2) is 15.9 Å². The van der Waals surface area contributed by atoms with E-state index in [1.807, 2.05) is 37.3 Å². The number of aromatic nitrogens is 2. The van der Waals surface area contributed by atoms with Crippen LogP contribution in [0.4, 0.5) is 0 Å². The summed E-state index contributed by atoms with van der Waals surface area (Å²) in [5.41, 5.74) is 1.89. The van der Waals surface area contributed by atoms with Crippen molar-refractivity contribution in [3.63, 3.8) is 0 Å². The summed E-state index contributed by atoms with van der Waals surface area (Å²) in [5.74, 6) is 0.442. The van der Waals surface area contributed by atoms with Crippen LogP contribution in [-0.2, 0) is 6.54 Å². The molecule has 100 valence electrons. The third kappa shape index (κ3) is 2.51. The van der Waals surface area contributed by atoms with Crippen LogP contribution in [0.25, 0.3) is 11.0 Å². The van der Waals surface area contributed by atoms with Crippen LogP contribution in [0, 0.1) is 6.92 Å². The number of nitrogens with one attached hydrogen (secondary N) is 1. The number of hydrogen-bond acceptors (Lipinski definition) is 4. The predicted octanol–water partition coefficient (Wildman–Crippen LogP) is 2.46. The highest BCUT2D eigenvalue weighted by molar-refractivity contribution is 5.91. The van der Waals surface area contributed by atoms with E-state index < -0.39 is 0 Å². The molecule has 0 aliphatic rings. The molecule has 0 aliphatic carbocycles. The maximum absolute atomic E-state index is 11.9. The summed E-state index contributed by atoms with van der Waals surface area (Å²) in [6.45, 7) is 2.14. The molecule has 3 aromatic rings. The van der Waals surface area contributed by atoms with Gasteiger partial charge in [-0.2, -0.15) is 0 Å². The molecule has 3 rings (SSSR count). The van der Waals surface area contributed by atoms with Gasteiger partial charge < -0.3 is 9.73 Å². The van der Waals surface area contributed by atoms with Crippen molar-refractivity contribution in [2.45, 2.75) is 13.5 Å². The lowest BCUT2D eigenvalue weighted by Gasteiger charge is -2.02. The zero-order valence-electron chi connectivity index (χ0n) is 11.0. The highest BCUT2D eigenvalue weighted by Crippen LogP contribution is 2.18. The number of benzene rings is 1. The van der Waals surface area contributed by atoms with E-state index in [1.165, 1.54) is 6.20 Å². The highest BCUT2D eigenvalue weighted by Gasteiger charge is 2.09. The van der Waals surface area contributed by atoms with Crippen LogP contribution in [0.1, 0.15) is 21.9 Å². The van der Waals surface area contributed by atoms with Gasteiger partial charge in [-0.15, -0.1) is 0 Å². The van der Waals surface area contributed by atoms with Crippen molar-refractivity contribution in [3.05, 3.63) is 59.9 Å². The van der Waals surface area contributed by atoms with Gasteiger partial charge in [0.25, 0.3) is 5.91 Å². The lowest BCUT2D eigenvalue weighted by atomic mass is 10.2. The molecule has 0 unspecified atom stereocenters. The van der Waals surface area contributed by atoms with Gasteiger partial charge in [0, 0.05) is 11.6 Å². The van der Waals surface area contributed by atoms with Crippen LogP contribution in [0.15, 0.2) is 47.1 Å². The maximum Gasteiger partial charge on any atom is 0.271 e. The fraction of sp³-hybridized carbons (Fsp3) is 0.133. The molecule has 0 saturated heterocycles. The van der Waals surface area contributed by atoms with Gasteiger partial charge in [-0.1, -0.05) is 18.2 Å². The van der Waals surface area contributed by atoms with Gasteiger partial charge in [-0.3, -0.25) is 9.78 Å². The average molecular weight is 267 g/mol. The molecule has 0 aliphatic heterocycles. The van der Waals surface area contributed by atoms with E-state index >= 15 is 0 Å². The van der Waals surface area contributed by atoms with Gasteiger partial charge in [-0.05, 0) is 19.1 Å². The first-order chi connectivity index (χ1) is 9.72. The number of aryl methyl sites for hydroxylation is 1. The average Bonchev–Trinajstić information content (AvgIpc) is 2.88. The van der Waals surface area contributed by atoms with Crippen molar-refractivity contribution in [2.24, 2.45) is 0 Å². The molecule has 2 heterocycles. The SMILES string of the molecule is Cc1cnc(C(=O)NCc2cc3ccccc3o2)cn1. The second-order valence-electron chi connectivity index (χ2n) is 4.48. The Kier molecular flexibility index (Phi) is 3.16. The second kappa shape index (κ2) is 5.13.